The fourth-order valence-electron chi connectivity index (χ4n) is 3.14. The molecule has 0 aromatic heterocycles. The molecule has 2 aromatic carbocycles. The third-order valence-corrected chi connectivity index (χ3v) is 6.29. The average Bonchev–Trinajstić information content (AvgIpc) is 2.53. The lowest BCUT2D eigenvalue weighted by atomic mass is 10.0. The number of fused-ring (bicyclic) bond motifs is 1. The van der Waals surface area contributed by atoms with E-state index in [1.807, 2.05) is 25.1 Å². The molecule has 1 aliphatic rings. The first kappa shape index (κ1) is 16.4. The van der Waals surface area contributed by atoms with Crippen LogP contribution in [-0.2, 0) is 16.4 Å². The van der Waals surface area contributed by atoms with E-state index < -0.39 is 14.9 Å². The van der Waals surface area contributed by atoms with Crippen molar-refractivity contribution >= 4 is 21.4 Å². The van der Waals surface area contributed by atoms with E-state index in [9.17, 15) is 18.5 Å². The third-order valence-electron chi connectivity index (χ3n) is 4.33. The number of hydrogen-bond donors (Lipinski definition) is 0. The Labute approximate surface area is 140 Å². The van der Waals surface area contributed by atoms with Crippen LogP contribution in [0.2, 0.25) is 0 Å². The van der Waals surface area contributed by atoms with Gasteiger partial charge >= 0.3 is 0 Å². The molecule has 0 radical (unpaired) electrons. The molecule has 24 heavy (non-hydrogen) atoms. The van der Waals surface area contributed by atoms with Crippen molar-refractivity contribution in [2.45, 2.75) is 31.6 Å². The topological polar surface area (TPSA) is 80.5 Å². The molecule has 0 atom stereocenters. The van der Waals surface area contributed by atoms with E-state index in [0.29, 0.717) is 12.2 Å². The Bertz CT molecular complexity index is 922. The molecular formula is C17H18N2O4S. The highest BCUT2D eigenvalue weighted by Crippen LogP contribution is 2.35. The zero-order valence-corrected chi connectivity index (χ0v) is 14.3. The number of aryl methyl sites for hydroxylation is 2. The Morgan fingerprint density at radius 2 is 1.92 bits per heavy atom. The van der Waals surface area contributed by atoms with Gasteiger partial charge in [0.05, 0.1) is 15.5 Å². The maximum Gasteiger partial charge on any atom is 0.273 e. The fourth-order valence-corrected chi connectivity index (χ4v) is 4.93. The third kappa shape index (κ3) is 2.65. The molecule has 0 N–H and O–H groups in total. The number of benzene rings is 2. The van der Waals surface area contributed by atoms with Crippen molar-refractivity contribution in [3.05, 3.63) is 63.2 Å². The normalized spacial score (nSPS) is 14.3. The molecule has 0 bridgehead atoms. The molecule has 1 heterocycles. The first-order chi connectivity index (χ1) is 11.3. The van der Waals surface area contributed by atoms with Crippen molar-refractivity contribution in [1.82, 2.24) is 0 Å². The molecular weight excluding hydrogens is 328 g/mol. The van der Waals surface area contributed by atoms with Gasteiger partial charge in [0.25, 0.3) is 15.7 Å². The van der Waals surface area contributed by atoms with E-state index >= 15 is 0 Å². The summed E-state index contributed by atoms with van der Waals surface area (Å²) < 4.78 is 27.6. The maximum atomic E-state index is 13.1. The number of rotatable bonds is 3. The molecule has 0 amide bonds. The van der Waals surface area contributed by atoms with Crippen molar-refractivity contribution in [3.8, 4) is 0 Å². The lowest BCUT2D eigenvalue weighted by Crippen LogP contribution is -2.36. The number of sulfonamides is 1. The minimum atomic E-state index is -3.85. The Morgan fingerprint density at radius 3 is 2.62 bits per heavy atom. The number of hydrogen-bond acceptors (Lipinski definition) is 4. The smallest absolute Gasteiger partial charge is 0.266 e. The van der Waals surface area contributed by atoms with Crippen LogP contribution >= 0.6 is 0 Å². The Hall–Kier alpha value is -2.41. The highest BCUT2D eigenvalue weighted by molar-refractivity contribution is 7.92. The zero-order chi connectivity index (χ0) is 17.5. The van der Waals surface area contributed by atoms with Crippen LogP contribution in [0, 0.1) is 24.0 Å². The minimum Gasteiger partial charge on any atom is -0.266 e. The van der Waals surface area contributed by atoms with Gasteiger partial charge in [0, 0.05) is 18.2 Å². The highest BCUT2D eigenvalue weighted by atomic mass is 32.2. The highest BCUT2D eigenvalue weighted by Gasteiger charge is 2.32. The van der Waals surface area contributed by atoms with Crippen molar-refractivity contribution in [2.75, 3.05) is 10.8 Å². The van der Waals surface area contributed by atoms with Crippen molar-refractivity contribution in [1.29, 1.82) is 0 Å². The van der Waals surface area contributed by atoms with E-state index in [-0.39, 0.29) is 16.1 Å². The second kappa shape index (κ2) is 5.90. The molecule has 3 rings (SSSR count). The first-order valence-corrected chi connectivity index (χ1v) is 9.12. The summed E-state index contributed by atoms with van der Waals surface area (Å²) in [6.45, 7) is 3.82. The molecule has 0 fully saturated rings. The predicted octanol–water partition coefficient (Wildman–Crippen LogP) is 3.35. The number of nitro groups is 1. The summed E-state index contributed by atoms with van der Waals surface area (Å²) in [6.07, 6.45) is 1.56. The van der Waals surface area contributed by atoms with Gasteiger partial charge in [-0.25, -0.2) is 8.42 Å². The van der Waals surface area contributed by atoms with Crippen LogP contribution in [0.3, 0.4) is 0 Å². The van der Waals surface area contributed by atoms with E-state index in [2.05, 4.69) is 0 Å². The SMILES string of the molecule is Cc1ccc2c(c1)CCCN2S(=O)(=O)c1cccc([N+](=O)[O-])c1C. The summed E-state index contributed by atoms with van der Waals surface area (Å²) in [7, 11) is -3.85. The van der Waals surface area contributed by atoms with Gasteiger partial charge in [-0.1, -0.05) is 23.8 Å². The summed E-state index contributed by atoms with van der Waals surface area (Å²) in [5, 5.41) is 11.1. The molecule has 0 aliphatic carbocycles. The number of nitrogens with zero attached hydrogens (tertiary/aromatic N) is 2. The molecule has 0 unspecified atom stereocenters. The van der Waals surface area contributed by atoms with Crippen molar-refractivity contribution in [3.63, 3.8) is 0 Å². The molecule has 126 valence electrons. The van der Waals surface area contributed by atoms with Gasteiger partial charge in [-0.15, -0.1) is 0 Å². The standard InChI is InChI=1S/C17H18N2O4S/c1-12-8-9-16-14(11-12)5-4-10-18(16)24(22,23)17-7-3-6-15(13(17)2)19(20)21/h3,6-9,11H,4-5,10H2,1-2H3. The summed E-state index contributed by atoms with van der Waals surface area (Å²) in [5.74, 6) is 0. The minimum absolute atomic E-state index is 0.00914. The number of nitro benzene ring substituents is 1. The van der Waals surface area contributed by atoms with Gasteiger partial charge in [0.15, 0.2) is 0 Å². The molecule has 0 saturated heterocycles. The van der Waals surface area contributed by atoms with Crippen LogP contribution in [0.4, 0.5) is 11.4 Å². The summed E-state index contributed by atoms with van der Waals surface area (Å²) >= 11 is 0. The lowest BCUT2D eigenvalue weighted by molar-refractivity contribution is -0.385. The van der Waals surface area contributed by atoms with Gasteiger partial charge in [0.2, 0.25) is 0 Å². The van der Waals surface area contributed by atoms with E-state index in [4.69, 9.17) is 0 Å². The quantitative estimate of drug-likeness (QED) is 0.630. The van der Waals surface area contributed by atoms with Crippen LogP contribution in [0.1, 0.15) is 23.1 Å². The van der Waals surface area contributed by atoms with Crippen molar-refractivity contribution in [2.24, 2.45) is 0 Å². The van der Waals surface area contributed by atoms with Gasteiger partial charge in [-0.3, -0.25) is 14.4 Å². The zero-order valence-electron chi connectivity index (χ0n) is 13.5. The Morgan fingerprint density at radius 1 is 1.17 bits per heavy atom. The maximum absolute atomic E-state index is 13.1. The van der Waals surface area contributed by atoms with E-state index in [1.165, 1.54) is 29.4 Å². The lowest BCUT2D eigenvalue weighted by Gasteiger charge is -2.31. The van der Waals surface area contributed by atoms with Gasteiger partial charge in [-0.2, -0.15) is 0 Å². The van der Waals surface area contributed by atoms with Crippen LogP contribution in [0.15, 0.2) is 41.3 Å². The second-order valence-electron chi connectivity index (χ2n) is 5.97. The molecule has 0 saturated carbocycles. The summed E-state index contributed by atoms with van der Waals surface area (Å²) in [4.78, 5) is 10.5. The molecule has 6 nitrogen and oxygen atoms in total. The van der Waals surface area contributed by atoms with E-state index in [0.717, 1.165) is 24.0 Å². The molecule has 0 spiro atoms. The van der Waals surface area contributed by atoms with Crippen LogP contribution in [0.5, 0.6) is 0 Å². The number of anilines is 1. The first-order valence-electron chi connectivity index (χ1n) is 7.68. The van der Waals surface area contributed by atoms with Gasteiger partial charge in [0.1, 0.15) is 0 Å². The van der Waals surface area contributed by atoms with Crippen LogP contribution < -0.4 is 4.31 Å². The Kier molecular flexibility index (Phi) is 4.04. The predicted molar refractivity (Wildman–Crippen MR) is 91.9 cm³/mol. The molecule has 1 aliphatic heterocycles. The second-order valence-corrected chi connectivity index (χ2v) is 7.80. The molecule has 7 heteroatoms. The Balaban J connectivity index is 2.14. The largest absolute Gasteiger partial charge is 0.273 e. The van der Waals surface area contributed by atoms with Gasteiger partial charge in [-0.05, 0) is 44.4 Å². The summed E-state index contributed by atoms with van der Waals surface area (Å²) in [6, 6.07) is 9.86. The van der Waals surface area contributed by atoms with Crippen LogP contribution in [-0.4, -0.2) is 19.9 Å². The van der Waals surface area contributed by atoms with Gasteiger partial charge < -0.3 is 0 Å². The molecule has 2 aromatic rings. The fraction of sp³-hybridized carbons (Fsp3) is 0.294. The van der Waals surface area contributed by atoms with E-state index in [1.54, 1.807) is 0 Å². The van der Waals surface area contributed by atoms with Crippen molar-refractivity contribution < 1.29 is 13.3 Å². The average molecular weight is 346 g/mol. The monoisotopic (exact) mass is 346 g/mol. The van der Waals surface area contributed by atoms with Crippen LogP contribution in [0.25, 0.3) is 0 Å². The summed E-state index contributed by atoms with van der Waals surface area (Å²) in [5.41, 5.74) is 2.73.